The van der Waals surface area contributed by atoms with Crippen LogP contribution in [0.1, 0.15) is 112 Å². The topological polar surface area (TPSA) is 110 Å². The molecule has 0 amide bonds. The Morgan fingerprint density at radius 3 is 1.91 bits per heavy atom. The van der Waals surface area contributed by atoms with Gasteiger partial charge in [-0.3, -0.25) is 9.59 Å². The zero-order chi connectivity index (χ0) is 31.4. The van der Waals surface area contributed by atoms with Gasteiger partial charge in [0.05, 0.1) is 11.5 Å². The van der Waals surface area contributed by atoms with E-state index in [1.165, 1.54) is 69.6 Å². The van der Waals surface area contributed by atoms with Crippen molar-refractivity contribution >= 4 is 21.8 Å². The van der Waals surface area contributed by atoms with E-state index in [4.69, 9.17) is 4.74 Å². The Morgan fingerprint density at radius 2 is 1.27 bits per heavy atom. The molecule has 0 bridgehead atoms. The first-order chi connectivity index (χ1) is 21.3. The molecule has 0 aromatic heterocycles. The minimum Gasteiger partial charge on any atom is -0.464 e. The number of rotatable bonds is 19. The van der Waals surface area contributed by atoms with Crippen LogP contribution >= 0.6 is 0 Å². The van der Waals surface area contributed by atoms with E-state index >= 15 is 0 Å². The number of carbonyl (C=O) groups is 2. The lowest BCUT2D eigenvalue weighted by Gasteiger charge is -2.23. The van der Waals surface area contributed by atoms with Gasteiger partial charge in [-0.05, 0) is 41.3 Å². The van der Waals surface area contributed by atoms with Crippen molar-refractivity contribution in [3.05, 3.63) is 89.5 Å². The molecule has 7 nitrogen and oxygen atoms in total. The third-order valence-corrected chi connectivity index (χ3v) is 9.68. The molecule has 3 aromatic carbocycles. The number of fused-ring (bicyclic) bond motifs is 3. The van der Waals surface area contributed by atoms with E-state index in [1.54, 1.807) is 54.6 Å². The van der Waals surface area contributed by atoms with E-state index in [9.17, 15) is 23.1 Å². The fourth-order valence-corrected chi connectivity index (χ4v) is 6.91. The predicted molar refractivity (Wildman–Crippen MR) is 173 cm³/mol. The summed E-state index contributed by atoms with van der Waals surface area (Å²) in [6, 6.07) is 18.2. The van der Waals surface area contributed by atoms with E-state index in [-0.39, 0.29) is 17.3 Å². The highest BCUT2D eigenvalue weighted by Crippen LogP contribution is 2.37. The van der Waals surface area contributed by atoms with Crippen LogP contribution in [0.5, 0.6) is 0 Å². The Bertz CT molecular complexity index is 1490. The number of benzene rings is 3. The minimum atomic E-state index is -4.28. The molecule has 0 heterocycles. The van der Waals surface area contributed by atoms with Crippen molar-refractivity contribution in [2.24, 2.45) is 0 Å². The minimum absolute atomic E-state index is 0.111. The van der Waals surface area contributed by atoms with Crippen molar-refractivity contribution in [2.45, 2.75) is 101 Å². The van der Waals surface area contributed by atoms with Gasteiger partial charge in [0.15, 0.2) is 5.78 Å². The number of unbranched alkanes of at least 4 members (excludes halogenated alkanes) is 11. The van der Waals surface area contributed by atoms with Crippen LogP contribution in [0.2, 0.25) is 0 Å². The van der Waals surface area contributed by atoms with Crippen LogP contribution in [-0.4, -0.2) is 37.9 Å². The standard InChI is InChI=1S/C36H45NO6S/c1-2-3-4-5-6-7-8-9-10-11-12-18-25-43-36(40)33(34(38)27-19-14-13-15-20-27)37-44(41,42)28-23-24-31-32(26-28)29-21-16-17-22-30(29)35(31)39/h13-17,19-24,26,33-34,37-38H,2-12,18,25H2,1H3. The number of hydrogen-bond donors (Lipinski definition) is 2. The number of sulfonamides is 1. The number of ether oxygens (including phenoxy) is 1. The van der Waals surface area contributed by atoms with Gasteiger partial charge in [0, 0.05) is 11.1 Å². The molecule has 3 aromatic rings. The molecule has 2 unspecified atom stereocenters. The van der Waals surface area contributed by atoms with Crippen molar-refractivity contribution in [3.63, 3.8) is 0 Å². The van der Waals surface area contributed by atoms with Crippen LogP contribution in [-0.2, 0) is 19.6 Å². The molecular weight excluding hydrogens is 574 g/mol. The van der Waals surface area contributed by atoms with E-state index < -0.39 is 28.1 Å². The van der Waals surface area contributed by atoms with Crippen LogP contribution in [0.15, 0.2) is 77.7 Å². The second kappa shape index (κ2) is 16.7. The Hall–Kier alpha value is -3.33. The van der Waals surface area contributed by atoms with Gasteiger partial charge in [-0.2, -0.15) is 4.72 Å². The molecule has 2 atom stereocenters. The van der Waals surface area contributed by atoms with E-state index in [1.807, 2.05) is 0 Å². The smallest absolute Gasteiger partial charge is 0.327 e. The van der Waals surface area contributed by atoms with Crippen LogP contribution in [0.25, 0.3) is 11.1 Å². The fraction of sp³-hybridized carbons (Fsp3) is 0.444. The van der Waals surface area contributed by atoms with Crippen LogP contribution in [0, 0.1) is 0 Å². The lowest BCUT2D eigenvalue weighted by molar-refractivity contribution is -0.148. The third-order valence-electron chi connectivity index (χ3n) is 8.24. The van der Waals surface area contributed by atoms with Crippen molar-refractivity contribution in [3.8, 4) is 11.1 Å². The lowest BCUT2D eigenvalue weighted by Crippen LogP contribution is -2.46. The first-order valence-corrected chi connectivity index (χ1v) is 17.5. The van der Waals surface area contributed by atoms with Crippen LogP contribution < -0.4 is 4.72 Å². The summed E-state index contributed by atoms with van der Waals surface area (Å²) in [5.74, 6) is -0.999. The molecule has 1 aliphatic carbocycles. The zero-order valence-corrected chi connectivity index (χ0v) is 26.5. The molecule has 0 aliphatic heterocycles. The van der Waals surface area contributed by atoms with Gasteiger partial charge in [-0.15, -0.1) is 0 Å². The lowest BCUT2D eigenvalue weighted by atomic mass is 10.0. The molecule has 0 radical (unpaired) electrons. The number of aliphatic hydroxyl groups excluding tert-OH is 1. The number of nitrogens with one attached hydrogen (secondary N) is 1. The monoisotopic (exact) mass is 619 g/mol. The first-order valence-electron chi connectivity index (χ1n) is 16.0. The summed E-state index contributed by atoms with van der Waals surface area (Å²) in [6.07, 6.45) is 12.7. The van der Waals surface area contributed by atoms with Gasteiger partial charge in [0.25, 0.3) is 0 Å². The molecule has 1 aliphatic rings. The van der Waals surface area contributed by atoms with Crippen molar-refractivity contribution in [2.75, 3.05) is 6.61 Å². The van der Waals surface area contributed by atoms with Crippen LogP contribution in [0.4, 0.5) is 0 Å². The Kier molecular flexibility index (Phi) is 12.7. The van der Waals surface area contributed by atoms with Gasteiger partial charge >= 0.3 is 5.97 Å². The summed E-state index contributed by atoms with van der Waals surface area (Å²) in [5, 5.41) is 11.1. The van der Waals surface area contributed by atoms with E-state index in [2.05, 4.69) is 11.6 Å². The van der Waals surface area contributed by atoms with Gasteiger partial charge in [0.2, 0.25) is 10.0 Å². The Balaban J connectivity index is 1.34. The average Bonchev–Trinajstić information content (AvgIpc) is 3.33. The Morgan fingerprint density at radius 1 is 0.727 bits per heavy atom. The Labute approximate surface area is 262 Å². The second-order valence-corrected chi connectivity index (χ2v) is 13.3. The first kappa shape index (κ1) is 33.6. The molecule has 0 saturated carbocycles. The molecule has 44 heavy (non-hydrogen) atoms. The third kappa shape index (κ3) is 8.87. The summed E-state index contributed by atoms with van der Waals surface area (Å²) in [7, 11) is -4.28. The van der Waals surface area contributed by atoms with Gasteiger partial charge in [0.1, 0.15) is 12.1 Å². The van der Waals surface area contributed by atoms with Gasteiger partial charge in [-0.25, -0.2) is 8.42 Å². The maximum absolute atomic E-state index is 13.6. The molecule has 0 fully saturated rings. The van der Waals surface area contributed by atoms with Crippen molar-refractivity contribution < 1.29 is 27.9 Å². The SMILES string of the molecule is CCCCCCCCCCCCCCOC(=O)C(NS(=O)(=O)c1ccc2c(c1)-c1ccccc1C2=O)C(O)c1ccccc1. The number of aliphatic hydroxyl groups is 1. The highest BCUT2D eigenvalue weighted by Gasteiger charge is 2.35. The zero-order valence-electron chi connectivity index (χ0n) is 25.7. The summed E-state index contributed by atoms with van der Waals surface area (Å²) >= 11 is 0. The summed E-state index contributed by atoms with van der Waals surface area (Å²) < 4.78 is 35.0. The number of ketones is 1. The van der Waals surface area contributed by atoms with Crippen molar-refractivity contribution in [1.82, 2.24) is 4.72 Å². The normalized spacial score (nSPS) is 13.7. The molecular formula is C36H45NO6S. The number of hydrogen-bond acceptors (Lipinski definition) is 6. The number of esters is 1. The molecule has 4 rings (SSSR count). The van der Waals surface area contributed by atoms with E-state index in [0.717, 1.165) is 19.3 Å². The van der Waals surface area contributed by atoms with Gasteiger partial charge < -0.3 is 9.84 Å². The molecule has 2 N–H and O–H groups in total. The largest absolute Gasteiger partial charge is 0.464 e. The van der Waals surface area contributed by atoms with Crippen molar-refractivity contribution in [1.29, 1.82) is 0 Å². The van der Waals surface area contributed by atoms with Gasteiger partial charge in [-0.1, -0.05) is 132 Å². The van der Waals surface area contributed by atoms with Crippen LogP contribution in [0.3, 0.4) is 0 Å². The molecule has 0 spiro atoms. The second-order valence-electron chi connectivity index (χ2n) is 11.6. The maximum atomic E-state index is 13.6. The maximum Gasteiger partial charge on any atom is 0.327 e. The summed E-state index contributed by atoms with van der Waals surface area (Å²) in [6.45, 7) is 2.38. The predicted octanol–water partition coefficient (Wildman–Crippen LogP) is 7.52. The molecule has 8 heteroatoms. The highest BCUT2D eigenvalue weighted by molar-refractivity contribution is 7.89. The molecule has 0 saturated heterocycles. The number of carbonyl (C=O) groups excluding carboxylic acids is 2. The highest BCUT2D eigenvalue weighted by atomic mass is 32.2. The quantitative estimate of drug-likeness (QED) is 0.0830. The average molecular weight is 620 g/mol. The fourth-order valence-electron chi connectivity index (χ4n) is 5.70. The summed E-state index contributed by atoms with van der Waals surface area (Å²) in [4.78, 5) is 25.9. The van der Waals surface area contributed by atoms with E-state index in [0.29, 0.717) is 34.2 Å². The summed E-state index contributed by atoms with van der Waals surface area (Å²) in [5.41, 5.74) is 2.50. The molecule has 236 valence electrons.